The van der Waals surface area contributed by atoms with Gasteiger partial charge >= 0.3 is 0 Å². The standard InChI is InChI=1S/C15H20N2/c1-9(10-4-6-16-7-5-10)17-15-13-11-2-3-12(8-11)14(13)15/h4-7,9,11-15,17H,2-3,8H2,1H3. The summed E-state index contributed by atoms with van der Waals surface area (Å²) in [5.74, 6) is 4.18. The first kappa shape index (κ1) is 10.1. The maximum atomic E-state index is 4.09. The van der Waals surface area contributed by atoms with Crippen LogP contribution in [0.1, 0.15) is 37.8 Å². The number of aromatic nitrogens is 1. The second kappa shape index (κ2) is 3.55. The lowest BCUT2D eigenvalue weighted by atomic mass is 10.0. The molecule has 0 aliphatic heterocycles. The molecule has 17 heavy (non-hydrogen) atoms. The van der Waals surface area contributed by atoms with Gasteiger partial charge in [0.2, 0.25) is 0 Å². The number of rotatable bonds is 3. The van der Waals surface area contributed by atoms with Crippen molar-refractivity contribution in [3.8, 4) is 0 Å². The van der Waals surface area contributed by atoms with Crippen LogP contribution in [0.5, 0.6) is 0 Å². The van der Waals surface area contributed by atoms with Gasteiger partial charge in [-0.3, -0.25) is 4.98 Å². The average molecular weight is 228 g/mol. The minimum absolute atomic E-state index is 0.480. The molecule has 5 atom stereocenters. The van der Waals surface area contributed by atoms with Crippen LogP contribution in [0.4, 0.5) is 0 Å². The molecular weight excluding hydrogens is 208 g/mol. The van der Waals surface area contributed by atoms with E-state index in [0.29, 0.717) is 6.04 Å². The summed E-state index contributed by atoms with van der Waals surface area (Å²) in [6.07, 6.45) is 8.34. The molecule has 0 amide bonds. The molecule has 5 unspecified atom stereocenters. The summed E-state index contributed by atoms with van der Waals surface area (Å²) in [4.78, 5) is 4.09. The molecule has 0 radical (unpaired) electrons. The summed E-state index contributed by atoms with van der Waals surface area (Å²) in [6, 6.07) is 5.56. The van der Waals surface area contributed by atoms with Gasteiger partial charge in [0.05, 0.1) is 0 Å². The molecule has 0 spiro atoms. The van der Waals surface area contributed by atoms with Gasteiger partial charge in [0.1, 0.15) is 0 Å². The van der Waals surface area contributed by atoms with Gasteiger partial charge in [-0.2, -0.15) is 0 Å². The Balaban J connectivity index is 1.43. The maximum absolute atomic E-state index is 4.09. The lowest BCUT2D eigenvalue weighted by Crippen LogP contribution is -2.26. The molecule has 3 aliphatic carbocycles. The first-order valence-electron chi connectivity index (χ1n) is 7.00. The molecule has 4 rings (SSSR count). The van der Waals surface area contributed by atoms with Crippen molar-refractivity contribution in [3.63, 3.8) is 0 Å². The number of hydrogen-bond acceptors (Lipinski definition) is 2. The third-order valence-electron chi connectivity index (χ3n) is 5.38. The van der Waals surface area contributed by atoms with Crippen LogP contribution in [0.15, 0.2) is 24.5 Å². The lowest BCUT2D eigenvalue weighted by molar-refractivity contribution is 0.433. The monoisotopic (exact) mass is 228 g/mol. The van der Waals surface area contributed by atoms with Gasteiger partial charge in [-0.25, -0.2) is 0 Å². The summed E-state index contributed by atoms with van der Waals surface area (Å²) in [5, 5.41) is 3.85. The van der Waals surface area contributed by atoms with E-state index in [9.17, 15) is 0 Å². The molecule has 1 heterocycles. The van der Waals surface area contributed by atoms with E-state index >= 15 is 0 Å². The fourth-order valence-electron chi connectivity index (χ4n) is 4.59. The summed E-state index contributed by atoms with van der Waals surface area (Å²) < 4.78 is 0. The van der Waals surface area contributed by atoms with Gasteiger partial charge in [-0.15, -0.1) is 0 Å². The van der Waals surface area contributed by atoms with Gasteiger partial charge in [-0.05, 0) is 67.6 Å². The molecule has 3 fully saturated rings. The van der Waals surface area contributed by atoms with Crippen LogP contribution < -0.4 is 5.32 Å². The van der Waals surface area contributed by atoms with Crippen LogP contribution in [0, 0.1) is 23.7 Å². The number of nitrogens with one attached hydrogen (secondary N) is 1. The van der Waals surface area contributed by atoms with E-state index in [1.807, 2.05) is 12.4 Å². The Labute approximate surface area is 103 Å². The predicted molar refractivity (Wildman–Crippen MR) is 67.4 cm³/mol. The fraction of sp³-hybridized carbons (Fsp3) is 0.667. The maximum Gasteiger partial charge on any atom is 0.0295 e. The highest BCUT2D eigenvalue weighted by Crippen LogP contribution is 2.65. The highest BCUT2D eigenvalue weighted by atomic mass is 15.0. The van der Waals surface area contributed by atoms with E-state index in [-0.39, 0.29) is 0 Å². The van der Waals surface area contributed by atoms with E-state index in [0.717, 1.165) is 29.7 Å². The fourth-order valence-corrected chi connectivity index (χ4v) is 4.59. The van der Waals surface area contributed by atoms with Crippen molar-refractivity contribution >= 4 is 0 Å². The topological polar surface area (TPSA) is 24.9 Å². The molecule has 3 saturated carbocycles. The highest BCUT2D eigenvalue weighted by Gasteiger charge is 2.64. The zero-order valence-corrected chi connectivity index (χ0v) is 10.3. The van der Waals surface area contributed by atoms with Crippen LogP contribution >= 0.6 is 0 Å². The van der Waals surface area contributed by atoms with Crippen LogP contribution in [0.3, 0.4) is 0 Å². The second-order valence-electron chi connectivity index (χ2n) is 6.18. The summed E-state index contributed by atoms with van der Waals surface area (Å²) in [7, 11) is 0. The summed E-state index contributed by atoms with van der Waals surface area (Å²) >= 11 is 0. The quantitative estimate of drug-likeness (QED) is 0.860. The van der Waals surface area contributed by atoms with Gasteiger partial charge in [-0.1, -0.05) is 0 Å². The van der Waals surface area contributed by atoms with E-state index in [1.54, 1.807) is 0 Å². The number of pyridine rings is 1. The Bertz CT molecular complexity index is 400. The van der Waals surface area contributed by atoms with Gasteiger partial charge in [0, 0.05) is 24.5 Å². The van der Waals surface area contributed by atoms with Crippen molar-refractivity contribution < 1.29 is 0 Å². The average Bonchev–Trinajstić information content (AvgIpc) is 2.76. The Hall–Kier alpha value is -0.890. The van der Waals surface area contributed by atoms with Crippen LogP contribution in [-0.2, 0) is 0 Å². The van der Waals surface area contributed by atoms with Crippen molar-refractivity contribution in [2.45, 2.75) is 38.3 Å². The molecule has 1 aromatic rings. The second-order valence-corrected chi connectivity index (χ2v) is 6.18. The highest BCUT2D eigenvalue weighted by molar-refractivity contribution is 5.20. The van der Waals surface area contributed by atoms with Crippen LogP contribution in [0.2, 0.25) is 0 Å². The minimum atomic E-state index is 0.480. The largest absolute Gasteiger partial charge is 0.307 e. The lowest BCUT2D eigenvalue weighted by Gasteiger charge is -2.17. The van der Waals surface area contributed by atoms with Gasteiger partial charge in [0.15, 0.2) is 0 Å². The predicted octanol–water partition coefficient (Wildman–Crippen LogP) is 2.78. The molecule has 90 valence electrons. The van der Waals surface area contributed by atoms with Gasteiger partial charge < -0.3 is 5.32 Å². The molecule has 2 nitrogen and oxygen atoms in total. The Morgan fingerprint density at radius 2 is 1.82 bits per heavy atom. The van der Waals surface area contributed by atoms with E-state index in [2.05, 4.69) is 29.4 Å². The molecule has 2 heteroatoms. The van der Waals surface area contributed by atoms with Crippen molar-refractivity contribution in [2.75, 3.05) is 0 Å². The van der Waals surface area contributed by atoms with E-state index in [1.165, 1.54) is 24.8 Å². The Morgan fingerprint density at radius 1 is 1.18 bits per heavy atom. The van der Waals surface area contributed by atoms with Crippen molar-refractivity contribution in [3.05, 3.63) is 30.1 Å². The van der Waals surface area contributed by atoms with Crippen molar-refractivity contribution in [1.82, 2.24) is 10.3 Å². The molecule has 0 aromatic carbocycles. The molecular formula is C15H20N2. The first-order valence-corrected chi connectivity index (χ1v) is 7.00. The normalized spacial score (nSPS) is 43.5. The van der Waals surface area contributed by atoms with Gasteiger partial charge in [0.25, 0.3) is 0 Å². The zero-order valence-electron chi connectivity index (χ0n) is 10.3. The molecule has 1 aromatic heterocycles. The van der Waals surface area contributed by atoms with Crippen molar-refractivity contribution in [1.29, 1.82) is 0 Å². The summed E-state index contributed by atoms with van der Waals surface area (Å²) in [6.45, 7) is 2.28. The third-order valence-corrected chi connectivity index (χ3v) is 5.38. The zero-order chi connectivity index (χ0) is 11.4. The number of nitrogens with zero attached hydrogens (tertiary/aromatic N) is 1. The Morgan fingerprint density at radius 3 is 2.47 bits per heavy atom. The Kier molecular flexibility index (Phi) is 2.10. The SMILES string of the molecule is CC(NC1C2C3CCC(C3)C12)c1ccncc1. The molecule has 0 saturated heterocycles. The van der Waals surface area contributed by atoms with Crippen LogP contribution in [-0.4, -0.2) is 11.0 Å². The molecule has 2 bridgehead atoms. The third kappa shape index (κ3) is 1.46. The molecule has 3 aliphatic rings. The van der Waals surface area contributed by atoms with E-state index in [4.69, 9.17) is 0 Å². The minimum Gasteiger partial charge on any atom is -0.307 e. The smallest absolute Gasteiger partial charge is 0.0295 e. The van der Waals surface area contributed by atoms with Crippen molar-refractivity contribution in [2.24, 2.45) is 23.7 Å². The van der Waals surface area contributed by atoms with E-state index < -0.39 is 0 Å². The van der Waals surface area contributed by atoms with Crippen LogP contribution in [0.25, 0.3) is 0 Å². The summed E-state index contributed by atoms with van der Waals surface area (Å²) in [5.41, 5.74) is 1.37. The number of hydrogen-bond donors (Lipinski definition) is 1. The molecule has 1 N–H and O–H groups in total. The first-order chi connectivity index (χ1) is 8.34. The number of fused-ring (bicyclic) bond motifs is 5.